The number of nitrogens with one attached hydrogen (secondary N) is 2. The molecule has 3 rings (SSSR count). The van der Waals surface area contributed by atoms with Crippen molar-refractivity contribution in [1.82, 2.24) is 20.6 Å². The van der Waals surface area contributed by atoms with E-state index >= 15 is 0 Å². The Hall–Kier alpha value is -2.15. The zero-order chi connectivity index (χ0) is 19.9. The molecule has 7 heteroatoms. The molecule has 2 aromatic rings. The van der Waals surface area contributed by atoms with Crippen molar-refractivity contribution < 1.29 is 0 Å². The first-order chi connectivity index (χ1) is 13.5. The zero-order valence-corrected chi connectivity index (χ0v) is 18.3. The van der Waals surface area contributed by atoms with Gasteiger partial charge in [0.05, 0.1) is 10.7 Å². The van der Waals surface area contributed by atoms with Gasteiger partial charge in [0, 0.05) is 50.7 Å². The number of aryl methyl sites for hydroxylation is 2. The van der Waals surface area contributed by atoms with E-state index in [2.05, 4.69) is 63.4 Å². The molecule has 1 aliphatic rings. The van der Waals surface area contributed by atoms with Crippen LogP contribution >= 0.6 is 11.3 Å². The van der Waals surface area contributed by atoms with Gasteiger partial charge in [0.1, 0.15) is 5.82 Å². The molecule has 1 fully saturated rings. The lowest BCUT2D eigenvalue weighted by atomic mass is 9.99. The second kappa shape index (κ2) is 9.87. The van der Waals surface area contributed by atoms with Crippen LogP contribution in [0.3, 0.4) is 0 Å². The summed E-state index contributed by atoms with van der Waals surface area (Å²) in [6, 6.07) is 4.29. The van der Waals surface area contributed by atoms with E-state index in [0.29, 0.717) is 6.54 Å². The van der Waals surface area contributed by atoms with Crippen molar-refractivity contribution in [3.05, 3.63) is 39.5 Å². The van der Waals surface area contributed by atoms with E-state index in [1.165, 1.54) is 22.7 Å². The van der Waals surface area contributed by atoms with Gasteiger partial charge in [-0.05, 0) is 44.2 Å². The van der Waals surface area contributed by atoms with Gasteiger partial charge in [0.2, 0.25) is 0 Å². The standard InChI is InChI=1S/C21H32N6S/c1-15-8-11-27(12-9-15)19-6-5-18(13-24-19)14-25-21(22-4)23-10-7-20-26-16(2)17(3)28-20/h5-6,13,15H,7-12,14H2,1-4H3,(H2,22,23,25). The highest BCUT2D eigenvalue weighted by Gasteiger charge is 2.16. The molecular formula is C21H32N6S. The van der Waals surface area contributed by atoms with Crippen LogP contribution in [0.2, 0.25) is 0 Å². The lowest BCUT2D eigenvalue weighted by Crippen LogP contribution is -2.38. The summed E-state index contributed by atoms with van der Waals surface area (Å²) in [5, 5.41) is 7.89. The minimum absolute atomic E-state index is 0.708. The summed E-state index contributed by atoms with van der Waals surface area (Å²) >= 11 is 1.77. The monoisotopic (exact) mass is 400 g/mol. The molecule has 1 saturated heterocycles. The Kier molecular flexibility index (Phi) is 7.25. The van der Waals surface area contributed by atoms with Crippen LogP contribution in [0.5, 0.6) is 0 Å². The molecule has 0 radical (unpaired) electrons. The van der Waals surface area contributed by atoms with E-state index in [-0.39, 0.29) is 0 Å². The number of aliphatic imine (C=N–C) groups is 1. The summed E-state index contributed by atoms with van der Waals surface area (Å²) < 4.78 is 0. The number of anilines is 1. The van der Waals surface area contributed by atoms with Crippen LogP contribution in [-0.2, 0) is 13.0 Å². The summed E-state index contributed by atoms with van der Waals surface area (Å²) in [5.41, 5.74) is 2.29. The largest absolute Gasteiger partial charge is 0.357 e. The molecule has 2 aromatic heterocycles. The van der Waals surface area contributed by atoms with Crippen LogP contribution in [0.1, 0.15) is 40.9 Å². The summed E-state index contributed by atoms with van der Waals surface area (Å²) in [7, 11) is 1.80. The number of aromatic nitrogens is 2. The molecule has 28 heavy (non-hydrogen) atoms. The first kappa shape index (κ1) is 20.6. The summed E-state index contributed by atoms with van der Waals surface area (Å²) in [6.07, 6.45) is 5.39. The van der Waals surface area contributed by atoms with Gasteiger partial charge in [-0.15, -0.1) is 11.3 Å². The van der Waals surface area contributed by atoms with Gasteiger partial charge in [-0.2, -0.15) is 0 Å². The van der Waals surface area contributed by atoms with Crippen LogP contribution in [0.25, 0.3) is 0 Å². The maximum Gasteiger partial charge on any atom is 0.191 e. The van der Waals surface area contributed by atoms with Crippen LogP contribution in [-0.4, -0.2) is 42.6 Å². The number of thiazole rings is 1. The highest BCUT2D eigenvalue weighted by atomic mass is 32.1. The highest BCUT2D eigenvalue weighted by molar-refractivity contribution is 7.11. The third-order valence-corrected chi connectivity index (χ3v) is 6.44. The topological polar surface area (TPSA) is 65.4 Å². The molecule has 0 bridgehead atoms. The lowest BCUT2D eigenvalue weighted by molar-refractivity contribution is 0.436. The predicted octanol–water partition coefficient (Wildman–Crippen LogP) is 3.30. The van der Waals surface area contributed by atoms with Gasteiger partial charge < -0.3 is 15.5 Å². The van der Waals surface area contributed by atoms with Gasteiger partial charge in [-0.3, -0.25) is 4.99 Å². The van der Waals surface area contributed by atoms with Crippen molar-refractivity contribution in [2.24, 2.45) is 10.9 Å². The number of pyridine rings is 1. The number of hydrogen-bond acceptors (Lipinski definition) is 5. The SMILES string of the molecule is CN=C(NCCc1nc(C)c(C)s1)NCc1ccc(N2CCC(C)CC2)nc1. The Morgan fingerprint density at radius 2 is 2.04 bits per heavy atom. The maximum atomic E-state index is 4.66. The van der Waals surface area contributed by atoms with E-state index in [1.54, 1.807) is 18.4 Å². The van der Waals surface area contributed by atoms with E-state index < -0.39 is 0 Å². The number of nitrogens with zero attached hydrogens (tertiary/aromatic N) is 4. The third kappa shape index (κ3) is 5.67. The van der Waals surface area contributed by atoms with Crippen LogP contribution in [0.15, 0.2) is 23.3 Å². The Morgan fingerprint density at radius 3 is 2.64 bits per heavy atom. The molecule has 0 aromatic carbocycles. The molecular weight excluding hydrogens is 368 g/mol. The number of guanidine groups is 1. The van der Waals surface area contributed by atoms with Crippen molar-refractivity contribution >= 4 is 23.1 Å². The minimum atomic E-state index is 0.708. The molecule has 0 unspecified atom stereocenters. The smallest absolute Gasteiger partial charge is 0.191 e. The molecule has 0 spiro atoms. The number of hydrogen-bond donors (Lipinski definition) is 2. The van der Waals surface area contributed by atoms with Gasteiger partial charge in [0.15, 0.2) is 5.96 Å². The predicted molar refractivity (Wildman–Crippen MR) is 118 cm³/mol. The normalized spacial score (nSPS) is 15.7. The fourth-order valence-corrected chi connectivity index (χ4v) is 4.22. The van der Waals surface area contributed by atoms with E-state index in [4.69, 9.17) is 0 Å². The molecule has 6 nitrogen and oxygen atoms in total. The van der Waals surface area contributed by atoms with Gasteiger partial charge >= 0.3 is 0 Å². The molecule has 2 N–H and O–H groups in total. The van der Waals surface area contributed by atoms with Crippen molar-refractivity contribution in [3.63, 3.8) is 0 Å². The Morgan fingerprint density at radius 1 is 1.25 bits per heavy atom. The fourth-order valence-electron chi connectivity index (χ4n) is 3.29. The molecule has 0 atom stereocenters. The average molecular weight is 401 g/mol. The number of piperidine rings is 1. The highest BCUT2D eigenvalue weighted by Crippen LogP contribution is 2.21. The average Bonchev–Trinajstić information content (AvgIpc) is 3.03. The second-order valence-electron chi connectivity index (χ2n) is 7.55. The first-order valence-electron chi connectivity index (χ1n) is 10.1. The molecule has 0 amide bonds. The van der Waals surface area contributed by atoms with Crippen molar-refractivity contribution in [3.8, 4) is 0 Å². The first-order valence-corrected chi connectivity index (χ1v) is 10.9. The van der Waals surface area contributed by atoms with Gasteiger partial charge in [0.25, 0.3) is 0 Å². The molecule has 152 valence electrons. The second-order valence-corrected chi connectivity index (χ2v) is 8.83. The fraction of sp³-hybridized carbons (Fsp3) is 0.571. The summed E-state index contributed by atoms with van der Waals surface area (Å²) in [6.45, 7) is 10.3. The van der Waals surface area contributed by atoms with Crippen LogP contribution in [0.4, 0.5) is 5.82 Å². The molecule has 3 heterocycles. The molecule has 0 aliphatic carbocycles. The zero-order valence-electron chi connectivity index (χ0n) is 17.5. The Bertz CT molecular complexity index is 755. The van der Waals surface area contributed by atoms with Crippen molar-refractivity contribution in [1.29, 1.82) is 0 Å². The molecule has 1 aliphatic heterocycles. The Labute approximate surface area is 172 Å². The van der Waals surface area contributed by atoms with E-state index in [1.807, 2.05) is 6.20 Å². The summed E-state index contributed by atoms with van der Waals surface area (Å²) in [4.78, 5) is 17.2. The maximum absolute atomic E-state index is 4.66. The van der Waals surface area contributed by atoms with Gasteiger partial charge in [-0.1, -0.05) is 13.0 Å². The van der Waals surface area contributed by atoms with Crippen LogP contribution in [0, 0.1) is 19.8 Å². The lowest BCUT2D eigenvalue weighted by Gasteiger charge is -2.31. The summed E-state index contributed by atoms with van der Waals surface area (Å²) in [5.74, 6) is 2.73. The van der Waals surface area contributed by atoms with Crippen molar-refractivity contribution in [2.45, 2.75) is 46.6 Å². The number of rotatable bonds is 6. The minimum Gasteiger partial charge on any atom is -0.357 e. The quantitative estimate of drug-likeness (QED) is 0.575. The third-order valence-electron chi connectivity index (χ3n) is 5.30. The van der Waals surface area contributed by atoms with Crippen molar-refractivity contribution in [2.75, 3.05) is 31.6 Å². The Balaban J connectivity index is 1.43. The van der Waals surface area contributed by atoms with Gasteiger partial charge in [-0.25, -0.2) is 9.97 Å². The molecule has 0 saturated carbocycles. The van der Waals surface area contributed by atoms with E-state index in [0.717, 1.165) is 55.0 Å². The van der Waals surface area contributed by atoms with Crippen LogP contribution < -0.4 is 15.5 Å². The van der Waals surface area contributed by atoms with E-state index in [9.17, 15) is 0 Å².